The molecule has 7 rings (SSSR count). The highest BCUT2D eigenvalue weighted by Gasteiger charge is 2.17. The fraction of sp³-hybridized carbons (Fsp3) is 0.0526. The van der Waals surface area contributed by atoms with Gasteiger partial charge in [-0.2, -0.15) is 9.13 Å². The lowest BCUT2D eigenvalue weighted by molar-refractivity contribution is -0.645. The molecule has 0 aliphatic heterocycles. The zero-order chi connectivity index (χ0) is 27.1. The number of halogens is 2. The van der Waals surface area contributed by atoms with Crippen molar-refractivity contribution < 1.29 is 57.1 Å². The van der Waals surface area contributed by atoms with Gasteiger partial charge in [0.2, 0.25) is 22.4 Å². The van der Waals surface area contributed by atoms with Gasteiger partial charge in [-0.05, 0) is 47.5 Å². The Balaban J connectivity index is 0.00000176. The van der Waals surface area contributed by atoms with Gasteiger partial charge in [0, 0.05) is 35.1 Å². The van der Waals surface area contributed by atoms with Crippen molar-refractivity contribution in [2.24, 2.45) is 14.1 Å². The Bertz CT molecular complexity index is 1970. The van der Waals surface area contributed by atoms with Crippen LogP contribution in [0.3, 0.4) is 0 Å². The zero-order valence-corrected chi connectivity index (χ0v) is 27.8. The molecule has 0 amide bonds. The van der Waals surface area contributed by atoms with Crippen LogP contribution in [0.5, 0.6) is 0 Å². The predicted molar refractivity (Wildman–Crippen MR) is 170 cm³/mol. The van der Waals surface area contributed by atoms with Gasteiger partial charge < -0.3 is 48.0 Å². The lowest BCUT2D eigenvalue weighted by Crippen LogP contribution is -3.00. The first-order chi connectivity index (χ1) is 19.7. The van der Waals surface area contributed by atoms with Crippen LogP contribution in [-0.4, -0.2) is 0 Å². The van der Waals surface area contributed by atoms with Crippen LogP contribution in [0, 0.1) is 0 Å². The second kappa shape index (κ2) is 12.7. The molecule has 0 aliphatic carbocycles. The van der Waals surface area contributed by atoms with E-state index in [1.54, 1.807) is 0 Å². The highest BCUT2D eigenvalue weighted by molar-refractivity contribution is 6.08. The average molecular weight is 768 g/mol. The zero-order valence-electron chi connectivity index (χ0n) is 23.5. The van der Waals surface area contributed by atoms with Crippen LogP contribution in [0.4, 0.5) is 0 Å². The minimum Gasteiger partial charge on any atom is -1.00 e. The van der Waals surface area contributed by atoms with Crippen molar-refractivity contribution in [1.82, 2.24) is 0 Å². The van der Waals surface area contributed by atoms with E-state index in [2.05, 4.69) is 169 Å². The SMILES string of the molecule is C[n+]1c(/C=C/c2ccc(/C=C/c3c4ccccc4c4ccccc4[n+]3C)cc2)c2ccccc2c2ccccc21.[I-].[I-]. The summed E-state index contributed by atoms with van der Waals surface area (Å²) in [4.78, 5) is 0. The summed E-state index contributed by atoms with van der Waals surface area (Å²) in [6.45, 7) is 0. The van der Waals surface area contributed by atoms with Crippen LogP contribution in [0.25, 0.3) is 67.7 Å². The summed E-state index contributed by atoms with van der Waals surface area (Å²) in [6.07, 6.45) is 8.89. The smallest absolute Gasteiger partial charge is 0.213 e. The number of rotatable bonds is 4. The van der Waals surface area contributed by atoms with Crippen LogP contribution in [0.2, 0.25) is 0 Å². The molecule has 4 heteroatoms. The molecule has 5 aromatic carbocycles. The standard InChI is InChI=1S/C38H30N2.2HI/c1-39-35-17-9-7-15-31(35)29-11-3-5-13-33(29)37(39)25-23-27-19-21-28(22-20-27)24-26-38-34-14-6-4-12-30(34)32-16-8-10-18-36(32)40(38)2;;/h3-26H,1-2H3;2*1H/q+2;;/p-2/b25-23+,26-24+;;. The van der Waals surface area contributed by atoms with Crippen LogP contribution in [0.15, 0.2) is 121 Å². The molecular weight excluding hydrogens is 738 g/mol. The molecule has 42 heavy (non-hydrogen) atoms. The number of hydrogen-bond donors (Lipinski definition) is 0. The first-order valence-corrected chi connectivity index (χ1v) is 13.7. The molecule has 0 saturated carbocycles. The molecule has 0 saturated heterocycles. The quantitative estimate of drug-likeness (QED) is 0.148. The third-order valence-corrected chi connectivity index (χ3v) is 8.04. The summed E-state index contributed by atoms with van der Waals surface area (Å²) in [7, 11) is 4.30. The van der Waals surface area contributed by atoms with Gasteiger partial charge in [-0.3, -0.25) is 0 Å². The fourth-order valence-electron chi connectivity index (χ4n) is 5.96. The Hall–Kier alpha value is -3.62. The molecule has 0 bridgehead atoms. The van der Waals surface area contributed by atoms with Crippen LogP contribution >= 0.6 is 0 Å². The number of nitrogens with zero attached hydrogens (tertiary/aromatic N) is 2. The molecule has 0 aliphatic rings. The topological polar surface area (TPSA) is 7.76 Å². The number of para-hydroxylation sites is 2. The Labute approximate surface area is 280 Å². The summed E-state index contributed by atoms with van der Waals surface area (Å²) in [5, 5.41) is 7.64. The number of aryl methyl sites for hydroxylation is 2. The van der Waals surface area contributed by atoms with E-state index in [1.165, 1.54) is 65.9 Å². The van der Waals surface area contributed by atoms with E-state index in [0.717, 1.165) is 0 Å². The molecule has 2 heterocycles. The van der Waals surface area contributed by atoms with E-state index in [1.807, 2.05) is 0 Å². The number of benzene rings is 5. The Morgan fingerprint density at radius 2 is 0.667 bits per heavy atom. The number of fused-ring (bicyclic) bond motifs is 6. The molecular formula is C38H30I2N2. The van der Waals surface area contributed by atoms with Crippen LogP contribution < -0.4 is 57.1 Å². The van der Waals surface area contributed by atoms with Crippen molar-refractivity contribution in [3.05, 3.63) is 144 Å². The third-order valence-electron chi connectivity index (χ3n) is 8.04. The van der Waals surface area contributed by atoms with Gasteiger partial charge in [-0.15, -0.1) is 0 Å². The van der Waals surface area contributed by atoms with Crippen LogP contribution in [-0.2, 0) is 14.1 Å². The number of hydrogen-bond acceptors (Lipinski definition) is 0. The predicted octanol–water partition coefficient (Wildman–Crippen LogP) is 2.30. The average Bonchev–Trinajstić information content (AvgIpc) is 3.02. The number of aromatic nitrogens is 2. The number of pyridine rings is 2. The summed E-state index contributed by atoms with van der Waals surface area (Å²) in [5.41, 5.74) is 7.22. The van der Waals surface area contributed by atoms with Gasteiger partial charge in [-0.1, -0.05) is 84.9 Å². The Morgan fingerprint density at radius 3 is 1.05 bits per heavy atom. The molecule has 2 nitrogen and oxygen atoms in total. The molecule has 0 atom stereocenters. The lowest BCUT2D eigenvalue weighted by Gasteiger charge is -2.07. The summed E-state index contributed by atoms with van der Waals surface area (Å²) < 4.78 is 4.58. The van der Waals surface area contributed by atoms with Crippen molar-refractivity contribution in [2.75, 3.05) is 0 Å². The minimum absolute atomic E-state index is 0. The monoisotopic (exact) mass is 768 g/mol. The second-order valence-corrected chi connectivity index (χ2v) is 10.3. The molecule has 206 valence electrons. The Morgan fingerprint density at radius 1 is 0.357 bits per heavy atom. The molecule has 2 aromatic heterocycles. The maximum atomic E-state index is 2.29. The highest BCUT2D eigenvalue weighted by Crippen LogP contribution is 2.27. The van der Waals surface area contributed by atoms with E-state index >= 15 is 0 Å². The van der Waals surface area contributed by atoms with Gasteiger partial charge in [0.1, 0.15) is 14.1 Å². The largest absolute Gasteiger partial charge is 1.00 e. The molecule has 7 aromatic rings. The second-order valence-electron chi connectivity index (χ2n) is 10.3. The fourth-order valence-corrected chi connectivity index (χ4v) is 5.96. The van der Waals surface area contributed by atoms with Crippen molar-refractivity contribution in [3.8, 4) is 0 Å². The summed E-state index contributed by atoms with van der Waals surface area (Å²) in [5.74, 6) is 0. The normalized spacial score (nSPS) is 11.5. The van der Waals surface area contributed by atoms with E-state index in [4.69, 9.17) is 0 Å². The lowest BCUT2D eigenvalue weighted by atomic mass is 10.0. The first kappa shape index (κ1) is 29.9. The van der Waals surface area contributed by atoms with Crippen molar-refractivity contribution in [1.29, 1.82) is 0 Å². The van der Waals surface area contributed by atoms with E-state index in [-0.39, 0.29) is 48.0 Å². The molecule has 0 N–H and O–H groups in total. The summed E-state index contributed by atoms with van der Waals surface area (Å²) in [6, 6.07) is 43.4. The van der Waals surface area contributed by atoms with E-state index < -0.39 is 0 Å². The molecule has 0 spiro atoms. The highest BCUT2D eigenvalue weighted by atomic mass is 127. The molecule has 0 radical (unpaired) electrons. The Kier molecular flexibility index (Phi) is 9.04. The molecule has 0 unspecified atom stereocenters. The van der Waals surface area contributed by atoms with Crippen molar-refractivity contribution >= 4 is 67.7 Å². The molecule has 0 fully saturated rings. The van der Waals surface area contributed by atoms with Gasteiger partial charge >= 0.3 is 0 Å². The first-order valence-electron chi connectivity index (χ1n) is 13.7. The summed E-state index contributed by atoms with van der Waals surface area (Å²) >= 11 is 0. The van der Waals surface area contributed by atoms with Crippen molar-refractivity contribution in [2.45, 2.75) is 0 Å². The third kappa shape index (κ3) is 5.34. The maximum absolute atomic E-state index is 2.29. The maximum Gasteiger partial charge on any atom is 0.213 e. The van der Waals surface area contributed by atoms with Crippen molar-refractivity contribution in [3.63, 3.8) is 0 Å². The van der Waals surface area contributed by atoms with Gasteiger partial charge in [-0.25, -0.2) is 0 Å². The van der Waals surface area contributed by atoms with E-state index in [0.29, 0.717) is 0 Å². The van der Waals surface area contributed by atoms with E-state index in [9.17, 15) is 0 Å². The van der Waals surface area contributed by atoms with Gasteiger partial charge in [0.25, 0.3) is 0 Å². The van der Waals surface area contributed by atoms with Gasteiger partial charge in [0.15, 0.2) is 0 Å². The van der Waals surface area contributed by atoms with Gasteiger partial charge in [0.05, 0.1) is 21.5 Å². The van der Waals surface area contributed by atoms with Crippen LogP contribution in [0.1, 0.15) is 22.5 Å². The minimum atomic E-state index is 0.